The highest BCUT2D eigenvalue weighted by Gasteiger charge is 2.10. The van der Waals surface area contributed by atoms with Gasteiger partial charge in [0.2, 0.25) is 0 Å². The third-order valence-corrected chi connectivity index (χ3v) is 3.17. The van der Waals surface area contributed by atoms with Gasteiger partial charge >= 0.3 is 0 Å². The van der Waals surface area contributed by atoms with Gasteiger partial charge in [-0.15, -0.1) is 0 Å². The zero-order valence-electron chi connectivity index (χ0n) is 12.2. The van der Waals surface area contributed by atoms with Crippen LogP contribution < -0.4 is 10.2 Å². The molecule has 2 rings (SSSR count). The summed E-state index contributed by atoms with van der Waals surface area (Å²) in [5, 5.41) is 3.37. The Labute approximate surface area is 119 Å². The number of hydrogen-bond acceptors (Lipinski definition) is 3. The summed E-state index contributed by atoms with van der Waals surface area (Å²) in [4.78, 5) is 1.97. The third kappa shape index (κ3) is 3.84. The number of nitrogens with zero attached hydrogens (tertiary/aromatic N) is 1. The van der Waals surface area contributed by atoms with Crippen LogP contribution in [0.4, 0.5) is 10.1 Å². The first kappa shape index (κ1) is 14.6. The second-order valence-corrected chi connectivity index (χ2v) is 5.24. The van der Waals surface area contributed by atoms with Crippen LogP contribution in [0, 0.1) is 5.82 Å². The summed E-state index contributed by atoms with van der Waals surface area (Å²) >= 11 is 0. The van der Waals surface area contributed by atoms with Crippen LogP contribution in [-0.2, 0) is 13.1 Å². The predicted octanol–water partition coefficient (Wildman–Crippen LogP) is 3.55. The van der Waals surface area contributed by atoms with Gasteiger partial charge in [0, 0.05) is 30.9 Å². The van der Waals surface area contributed by atoms with Crippen LogP contribution >= 0.6 is 0 Å². The lowest BCUT2D eigenvalue weighted by atomic mass is 10.2. The average Bonchev–Trinajstić information content (AvgIpc) is 2.83. The van der Waals surface area contributed by atoms with Crippen molar-refractivity contribution < 1.29 is 8.81 Å². The molecule has 1 aromatic carbocycles. The topological polar surface area (TPSA) is 28.4 Å². The van der Waals surface area contributed by atoms with E-state index < -0.39 is 0 Å². The fourth-order valence-electron chi connectivity index (χ4n) is 2.00. The highest BCUT2D eigenvalue weighted by atomic mass is 19.1. The lowest BCUT2D eigenvalue weighted by Gasteiger charge is -2.19. The van der Waals surface area contributed by atoms with E-state index in [-0.39, 0.29) is 5.82 Å². The summed E-state index contributed by atoms with van der Waals surface area (Å²) in [6, 6.07) is 8.97. The van der Waals surface area contributed by atoms with Crippen LogP contribution in [0.1, 0.15) is 25.2 Å². The van der Waals surface area contributed by atoms with E-state index in [4.69, 9.17) is 4.42 Å². The fraction of sp³-hybridized carbons (Fsp3) is 0.375. The minimum atomic E-state index is -0.226. The molecule has 1 aromatic heterocycles. The summed E-state index contributed by atoms with van der Waals surface area (Å²) in [6.45, 7) is 5.61. The number of halogens is 1. The van der Waals surface area contributed by atoms with Gasteiger partial charge in [0.1, 0.15) is 11.6 Å². The Hall–Kier alpha value is -1.81. The molecule has 0 aliphatic rings. The molecule has 0 spiro atoms. The molecule has 1 heterocycles. The average molecular weight is 276 g/mol. The molecule has 0 radical (unpaired) electrons. The summed E-state index contributed by atoms with van der Waals surface area (Å²) in [7, 11) is 1.93. The Kier molecular flexibility index (Phi) is 4.79. The minimum Gasteiger partial charge on any atom is -0.467 e. The molecule has 0 unspecified atom stereocenters. The van der Waals surface area contributed by atoms with Crippen molar-refractivity contribution in [1.82, 2.24) is 5.32 Å². The molecule has 3 nitrogen and oxygen atoms in total. The highest BCUT2D eigenvalue weighted by Crippen LogP contribution is 2.19. The van der Waals surface area contributed by atoms with Crippen molar-refractivity contribution in [2.24, 2.45) is 0 Å². The van der Waals surface area contributed by atoms with Crippen LogP contribution in [0.3, 0.4) is 0 Å². The summed E-state index contributed by atoms with van der Waals surface area (Å²) in [5.74, 6) is 0.681. The third-order valence-electron chi connectivity index (χ3n) is 3.17. The smallest absolute Gasteiger partial charge is 0.127 e. The van der Waals surface area contributed by atoms with Crippen molar-refractivity contribution >= 4 is 5.69 Å². The number of rotatable bonds is 6. The van der Waals surface area contributed by atoms with Gasteiger partial charge in [-0.05, 0) is 24.3 Å². The first-order valence-electron chi connectivity index (χ1n) is 6.81. The molecule has 0 bridgehead atoms. The van der Waals surface area contributed by atoms with Gasteiger partial charge in [0.25, 0.3) is 0 Å². The van der Waals surface area contributed by atoms with Crippen LogP contribution in [0.2, 0.25) is 0 Å². The van der Waals surface area contributed by atoms with E-state index in [0.717, 1.165) is 23.6 Å². The maximum absolute atomic E-state index is 13.2. The van der Waals surface area contributed by atoms with Crippen molar-refractivity contribution in [3.05, 3.63) is 53.7 Å². The molecule has 2 aromatic rings. The monoisotopic (exact) mass is 276 g/mol. The quantitative estimate of drug-likeness (QED) is 0.874. The molecule has 0 saturated heterocycles. The molecule has 20 heavy (non-hydrogen) atoms. The molecule has 108 valence electrons. The maximum atomic E-state index is 13.2. The van der Waals surface area contributed by atoms with E-state index in [1.165, 1.54) is 12.1 Å². The molecule has 0 atom stereocenters. The van der Waals surface area contributed by atoms with Crippen LogP contribution in [0.15, 0.2) is 41.0 Å². The van der Waals surface area contributed by atoms with Crippen LogP contribution in [0.25, 0.3) is 0 Å². The lowest BCUT2D eigenvalue weighted by Crippen LogP contribution is -2.23. The van der Waals surface area contributed by atoms with Gasteiger partial charge in [0.15, 0.2) is 0 Å². The van der Waals surface area contributed by atoms with Crippen LogP contribution in [-0.4, -0.2) is 13.1 Å². The van der Waals surface area contributed by atoms with Crippen molar-refractivity contribution in [2.75, 3.05) is 11.9 Å². The Morgan fingerprint density at radius 2 is 2.10 bits per heavy atom. The van der Waals surface area contributed by atoms with E-state index in [1.54, 1.807) is 12.3 Å². The molecule has 1 N–H and O–H groups in total. The van der Waals surface area contributed by atoms with Crippen molar-refractivity contribution in [1.29, 1.82) is 0 Å². The molecule has 0 aliphatic carbocycles. The second kappa shape index (κ2) is 6.57. The molecule has 0 aliphatic heterocycles. The van der Waals surface area contributed by atoms with Gasteiger partial charge in [-0.1, -0.05) is 19.9 Å². The standard InChI is InChI=1S/C16H21FN2O/c1-12(2)18-10-13-7-8-20-16(13)11-19(3)15-6-4-5-14(17)9-15/h4-9,12,18H,10-11H2,1-3H3. The van der Waals surface area contributed by atoms with Crippen molar-refractivity contribution in [3.8, 4) is 0 Å². The molecule has 0 amide bonds. The highest BCUT2D eigenvalue weighted by molar-refractivity contribution is 5.46. The SMILES string of the molecule is CC(C)NCc1ccoc1CN(C)c1cccc(F)c1. The van der Waals surface area contributed by atoms with Crippen LogP contribution in [0.5, 0.6) is 0 Å². The maximum Gasteiger partial charge on any atom is 0.127 e. The number of nitrogens with one attached hydrogen (secondary N) is 1. The summed E-state index contributed by atoms with van der Waals surface area (Å²) in [5.41, 5.74) is 1.98. The summed E-state index contributed by atoms with van der Waals surface area (Å²) < 4.78 is 18.8. The van der Waals surface area contributed by atoms with Gasteiger partial charge in [-0.3, -0.25) is 0 Å². The first-order valence-corrected chi connectivity index (χ1v) is 6.81. The number of anilines is 1. The fourth-order valence-corrected chi connectivity index (χ4v) is 2.00. The van der Waals surface area contributed by atoms with E-state index >= 15 is 0 Å². The molecule has 4 heteroatoms. The predicted molar refractivity (Wildman–Crippen MR) is 79.2 cm³/mol. The Balaban J connectivity index is 2.04. The largest absolute Gasteiger partial charge is 0.467 e. The lowest BCUT2D eigenvalue weighted by molar-refractivity contribution is 0.495. The molecular weight excluding hydrogens is 255 g/mol. The Bertz CT molecular complexity index is 551. The number of hydrogen-bond donors (Lipinski definition) is 1. The molecule has 0 saturated carbocycles. The van der Waals surface area contributed by atoms with E-state index in [0.29, 0.717) is 12.6 Å². The summed E-state index contributed by atoms with van der Waals surface area (Å²) in [6.07, 6.45) is 1.70. The van der Waals surface area contributed by atoms with Gasteiger partial charge in [-0.2, -0.15) is 0 Å². The zero-order valence-corrected chi connectivity index (χ0v) is 12.2. The Morgan fingerprint density at radius 1 is 1.30 bits per heavy atom. The van der Waals surface area contributed by atoms with Gasteiger partial charge in [-0.25, -0.2) is 4.39 Å². The minimum absolute atomic E-state index is 0.226. The first-order chi connectivity index (χ1) is 9.56. The van der Waals surface area contributed by atoms with Crippen molar-refractivity contribution in [2.45, 2.75) is 33.0 Å². The molecular formula is C16H21FN2O. The second-order valence-electron chi connectivity index (χ2n) is 5.24. The van der Waals surface area contributed by atoms with E-state index in [9.17, 15) is 4.39 Å². The normalized spacial score (nSPS) is 11.1. The van der Waals surface area contributed by atoms with E-state index in [2.05, 4.69) is 19.2 Å². The van der Waals surface area contributed by atoms with Gasteiger partial charge in [0.05, 0.1) is 12.8 Å². The number of furan rings is 1. The van der Waals surface area contributed by atoms with E-state index in [1.807, 2.05) is 24.1 Å². The van der Waals surface area contributed by atoms with Crippen molar-refractivity contribution in [3.63, 3.8) is 0 Å². The van der Waals surface area contributed by atoms with Gasteiger partial charge < -0.3 is 14.6 Å². The zero-order chi connectivity index (χ0) is 14.5. The molecule has 0 fully saturated rings. The number of benzene rings is 1. The Morgan fingerprint density at radius 3 is 2.80 bits per heavy atom.